The van der Waals surface area contributed by atoms with Crippen LogP contribution in [0, 0.1) is 0 Å². The van der Waals surface area contributed by atoms with Crippen LogP contribution >= 0.6 is 7.82 Å². The van der Waals surface area contributed by atoms with Crippen molar-refractivity contribution in [2.45, 2.75) is 0 Å². The summed E-state index contributed by atoms with van der Waals surface area (Å²) < 4.78 is 23.7. The van der Waals surface area contributed by atoms with Crippen molar-refractivity contribution >= 4 is 25.2 Å². The Balaban J connectivity index is 0. The number of phosphoric ester groups is 1. The summed E-state index contributed by atoms with van der Waals surface area (Å²) in [7, 11) is 0.611. The summed E-state index contributed by atoms with van der Waals surface area (Å²) >= 11 is 0. The lowest BCUT2D eigenvalue weighted by atomic mass is 11.8. The topological polar surface area (TPSA) is 44.8 Å². The van der Waals surface area contributed by atoms with Gasteiger partial charge in [-0.05, 0) is 0 Å². The molecule has 0 amide bonds. The van der Waals surface area contributed by atoms with Gasteiger partial charge in [-0.3, -0.25) is 13.6 Å². The second-order valence-corrected chi connectivity index (χ2v) is 2.98. The van der Waals surface area contributed by atoms with Crippen molar-refractivity contribution in [2.24, 2.45) is 0 Å². The van der Waals surface area contributed by atoms with Crippen LogP contribution in [0.5, 0.6) is 0 Å². The average Bonchev–Trinajstić information content (AvgIpc) is 1.87. The van der Waals surface area contributed by atoms with Gasteiger partial charge in [-0.15, -0.1) is 0 Å². The molecule has 0 atom stereocenters. The van der Waals surface area contributed by atoms with Gasteiger partial charge in [0.2, 0.25) is 0 Å². The van der Waals surface area contributed by atoms with Crippen LogP contribution < -0.4 is 0 Å². The molecule has 0 heterocycles. The van der Waals surface area contributed by atoms with Gasteiger partial charge in [-0.2, -0.15) is 0 Å². The van der Waals surface area contributed by atoms with Crippen molar-refractivity contribution in [3.8, 4) is 0 Å². The minimum absolute atomic E-state index is 0. The van der Waals surface area contributed by atoms with E-state index in [-0.39, 0.29) is 17.4 Å². The fraction of sp³-hybridized carbons (Fsp3) is 1.00. The normalized spacial score (nSPS) is 10.6. The van der Waals surface area contributed by atoms with E-state index in [1.54, 1.807) is 0 Å². The summed E-state index contributed by atoms with van der Waals surface area (Å²) in [6.45, 7) is 0. The molecule has 56 valence electrons. The summed E-state index contributed by atoms with van der Waals surface area (Å²) in [6.07, 6.45) is 0. The Morgan fingerprint density at radius 3 is 1.22 bits per heavy atom. The van der Waals surface area contributed by atoms with Gasteiger partial charge in [0.15, 0.2) is 17.4 Å². The zero-order valence-electron chi connectivity index (χ0n) is 5.08. The molecule has 0 aromatic heterocycles. The van der Waals surface area contributed by atoms with Crippen molar-refractivity contribution in [3.63, 3.8) is 0 Å². The first kappa shape index (κ1) is 12.3. The highest BCUT2D eigenvalue weighted by molar-refractivity contribution is 7.48. The van der Waals surface area contributed by atoms with E-state index >= 15 is 0 Å². The molecule has 0 spiro atoms. The lowest BCUT2D eigenvalue weighted by Gasteiger charge is -2.08. The van der Waals surface area contributed by atoms with Crippen LogP contribution in [-0.2, 0) is 18.1 Å². The maximum atomic E-state index is 10.7. The fourth-order valence-corrected chi connectivity index (χ4v) is 0.671. The van der Waals surface area contributed by atoms with Gasteiger partial charge < -0.3 is 0 Å². The molecule has 0 fully saturated rings. The molecule has 9 heavy (non-hydrogen) atoms. The molecule has 6 heteroatoms. The zero-order valence-corrected chi connectivity index (χ0v) is 5.97. The van der Waals surface area contributed by atoms with Gasteiger partial charge in [-0.1, -0.05) is 0 Å². The summed E-state index contributed by atoms with van der Waals surface area (Å²) in [5.74, 6) is 0. The van der Waals surface area contributed by atoms with Gasteiger partial charge in [-0.25, -0.2) is 4.57 Å². The highest BCUT2D eigenvalue weighted by atomic mass is 31.2. The molecule has 0 saturated heterocycles. The number of hydrogen-bond acceptors (Lipinski definition) is 4. The van der Waals surface area contributed by atoms with Crippen molar-refractivity contribution in [1.29, 1.82) is 0 Å². The molecular formula is C3H12AlO4P. The minimum atomic E-state index is -3.16. The van der Waals surface area contributed by atoms with Crippen LogP contribution in [0.1, 0.15) is 0 Å². The smallest absolute Gasteiger partial charge is 0.290 e. The third-order valence-electron chi connectivity index (χ3n) is 0.671. The average molecular weight is 170 g/mol. The van der Waals surface area contributed by atoms with Gasteiger partial charge in [0, 0.05) is 21.3 Å². The van der Waals surface area contributed by atoms with E-state index in [0.29, 0.717) is 0 Å². The van der Waals surface area contributed by atoms with E-state index in [0.717, 1.165) is 0 Å². The van der Waals surface area contributed by atoms with E-state index in [9.17, 15) is 4.57 Å². The lowest BCUT2D eigenvalue weighted by molar-refractivity contribution is 0.178. The van der Waals surface area contributed by atoms with Gasteiger partial charge >= 0.3 is 7.82 Å². The maximum Gasteiger partial charge on any atom is 0.473 e. The predicted molar refractivity (Wildman–Crippen MR) is 38.6 cm³/mol. The first-order valence-corrected chi connectivity index (χ1v) is 3.42. The maximum absolute atomic E-state index is 10.7. The first-order chi connectivity index (χ1) is 3.68. The van der Waals surface area contributed by atoms with Crippen LogP contribution in [0.3, 0.4) is 0 Å². The van der Waals surface area contributed by atoms with Gasteiger partial charge in [0.25, 0.3) is 0 Å². The standard InChI is InChI=1S/C3H9O4P.Al.3H/c1-5-8(4,6-2)7-3;;;;/h1-3H3;;;;. The Hall–Kier alpha value is 0.642. The minimum Gasteiger partial charge on any atom is -0.290 e. The van der Waals surface area contributed by atoms with Crippen LogP contribution in [0.2, 0.25) is 0 Å². The Labute approximate surface area is 65.2 Å². The zero-order chi connectivity index (χ0) is 6.62. The molecule has 0 rings (SSSR count). The SMILES string of the molecule is COP(=O)(OC)OC.[AlH3]. The quantitative estimate of drug-likeness (QED) is 0.436. The van der Waals surface area contributed by atoms with E-state index in [1.807, 2.05) is 0 Å². The lowest BCUT2D eigenvalue weighted by Crippen LogP contribution is -1.88. The van der Waals surface area contributed by atoms with Crippen molar-refractivity contribution in [3.05, 3.63) is 0 Å². The van der Waals surface area contributed by atoms with Gasteiger partial charge in [0.1, 0.15) is 0 Å². The highest BCUT2D eigenvalue weighted by Crippen LogP contribution is 2.46. The summed E-state index contributed by atoms with van der Waals surface area (Å²) in [6, 6.07) is 0. The molecule has 0 unspecified atom stereocenters. The van der Waals surface area contributed by atoms with E-state index in [2.05, 4.69) is 13.6 Å². The monoisotopic (exact) mass is 170 g/mol. The molecule has 0 bridgehead atoms. The molecule has 0 radical (unpaired) electrons. The first-order valence-electron chi connectivity index (χ1n) is 1.96. The van der Waals surface area contributed by atoms with Crippen LogP contribution in [0.15, 0.2) is 0 Å². The molecule has 0 aromatic rings. The Morgan fingerprint density at radius 1 is 1.00 bits per heavy atom. The second kappa shape index (κ2) is 5.43. The largest absolute Gasteiger partial charge is 0.473 e. The van der Waals surface area contributed by atoms with Crippen molar-refractivity contribution < 1.29 is 18.1 Å². The van der Waals surface area contributed by atoms with Crippen LogP contribution in [0.25, 0.3) is 0 Å². The Kier molecular flexibility index (Phi) is 7.44. The van der Waals surface area contributed by atoms with Crippen LogP contribution in [0.4, 0.5) is 0 Å². The third kappa shape index (κ3) is 4.10. The summed E-state index contributed by atoms with van der Waals surface area (Å²) in [4.78, 5) is 0. The van der Waals surface area contributed by atoms with Crippen molar-refractivity contribution in [2.75, 3.05) is 21.3 Å². The molecule has 0 aliphatic carbocycles. The number of rotatable bonds is 3. The van der Waals surface area contributed by atoms with Crippen molar-refractivity contribution in [1.82, 2.24) is 0 Å². The fourth-order valence-electron chi connectivity index (χ4n) is 0.224. The van der Waals surface area contributed by atoms with E-state index < -0.39 is 7.82 Å². The molecule has 0 aliphatic rings. The summed E-state index contributed by atoms with van der Waals surface area (Å²) in [5, 5.41) is 0. The molecule has 0 aromatic carbocycles. The number of phosphoric acid groups is 1. The Bertz CT molecular complexity index is 87.0. The highest BCUT2D eigenvalue weighted by Gasteiger charge is 2.18. The second-order valence-electron chi connectivity index (χ2n) is 0.995. The Morgan fingerprint density at radius 2 is 1.22 bits per heavy atom. The molecule has 0 aliphatic heterocycles. The predicted octanol–water partition coefficient (Wildman–Crippen LogP) is -0.150. The van der Waals surface area contributed by atoms with Crippen LogP contribution in [-0.4, -0.2) is 38.7 Å². The van der Waals surface area contributed by atoms with E-state index in [1.165, 1.54) is 21.3 Å². The van der Waals surface area contributed by atoms with Gasteiger partial charge in [0.05, 0.1) is 0 Å². The summed E-state index contributed by atoms with van der Waals surface area (Å²) in [5.41, 5.74) is 0. The number of hydrogen-bond donors (Lipinski definition) is 0. The molecule has 4 nitrogen and oxygen atoms in total. The van der Waals surface area contributed by atoms with E-state index in [4.69, 9.17) is 0 Å². The molecule has 0 N–H and O–H groups in total. The molecule has 0 saturated carbocycles. The third-order valence-corrected chi connectivity index (χ3v) is 2.01. The molecular weight excluding hydrogens is 158 g/mol.